The van der Waals surface area contributed by atoms with Gasteiger partial charge in [-0.3, -0.25) is 4.99 Å². The number of hydrogen-bond donors (Lipinski definition) is 0. The van der Waals surface area contributed by atoms with E-state index in [1.165, 1.54) is 16.2 Å². The Morgan fingerprint density at radius 2 is 2.08 bits per heavy atom. The summed E-state index contributed by atoms with van der Waals surface area (Å²) in [6.07, 6.45) is 3.02. The molecule has 0 spiro atoms. The van der Waals surface area contributed by atoms with E-state index in [-0.39, 0.29) is 0 Å². The summed E-state index contributed by atoms with van der Waals surface area (Å²) in [4.78, 5) is 13.0. The third-order valence-corrected chi connectivity index (χ3v) is 6.18. The van der Waals surface area contributed by atoms with Crippen molar-refractivity contribution >= 4 is 33.6 Å². The highest BCUT2D eigenvalue weighted by Crippen LogP contribution is 2.41. The van der Waals surface area contributed by atoms with Crippen LogP contribution >= 0.6 is 23.5 Å². The molecule has 0 N–H and O–H groups in total. The van der Waals surface area contributed by atoms with E-state index >= 15 is 0 Å². The smallest absolute Gasteiger partial charge is 0.168 e. The van der Waals surface area contributed by atoms with E-state index in [1.54, 1.807) is 11.8 Å². The van der Waals surface area contributed by atoms with Crippen molar-refractivity contribution in [2.45, 2.75) is 19.9 Å². The summed E-state index contributed by atoms with van der Waals surface area (Å²) in [5.41, 5.74) is 2.49. The molecule has 3 heterocycles. The minimum absolute atomic E-state index is 0.742. The van der Waals surface area contributed by atoms with E-state index in [0.29, 0.717) is 0 Å². The number of fused-ring (bicyclic) bond motifs is 1. The van der Waals surface area contributed by atoms with Gasteiger partial charge in [-0.25, -0.2) is 9.67 Å². The standard InChI is InChI=1S/C18H21N5S2/c1-13-16(25-18-19-9-10-22(13)18)17-20-15(8-11-24-2)21-23(17)12-14-6-4-3-5-7-14/h3-7H,8-12H2,1-2H3. The van der Waals surface area contributed by atoms with E-state index in [2.05, 4.69) is 52.0 Å². The summed E-state index contributed by atoms with van der Waals surface area (Å²) in [6.45, 7) is 4.78. The van der Waals surface area contributed by atoms with Crippen LogP contribution < -0.4 is 0 Å². The maximum absolute atomic E-state index is 4.88. The van der Waals surface area contributed by atoms with Crippen LogP contribution in [-0.4, -0.2) is 49.9 Å². The fraction of sp³-hybridized carbons (Fsp3) is 0.389. The number of rotatable bonds is 6. The van der Waals surface area contributed by atoms with Gasteiger partial charge < -0.3 is 4.90 Å². The van der Waals surface area contributed by atoms with Crippen LogP contribution in [-0.2, 0) is 13.0 Å². The maximum Gasteiger partial charge on any atom is 0.168 e. The topological polar surface area (TPSA) is 46.3 Å². The SMILES string of the molecule is CSCCc1nc(C2=C(C)N3CCN=C3S2)n(Cc2ccccc2)n1. The molecule has 0 saturated carbocycles. The van der Waals surface area contributed by atoms with E-state index < -0.39 is 0 Å². The first-order valence-corrected chi connectivity index (χ1v) is 10.6. The zero-order valence-corrected chi connectivity index (χ0v) is 16.1. The number of amidine groups is 1. The molecule has 5 nitrogen and oxygen atoms in total. The molecule has 0 bridgehead atoms. The molecule has 2 aromatic rings. The van der Waals surface area contributed by atoms with Crippen LogP contribution in [0.2, 0.25) is 0 Å². The lowest BCUT2D eigenvalue weighted by molar-refractivity contribution is 0.576. The van der Waals surface area contributed by atoms with E-state index in [1.807, 2.05) is 17.8 Å². The largest absolute Gasteiger partial charge is 0.322 e. The molecule has 1 aromatic carbocycles. The molecule has 2 aliphatic rings. The zero-order valence-electron chi connectivity index (χ0n) is 14.5. The first-order chi connectivity index (χ1) is 12.3. The molecule has 0 atom stereocenters. The van der Waals surface area contributed by atoms with Gasteiger partial charge in [0, 0.05) is 24.4 Å². The van der Waals surface area contributed by atoms with Gasteiger partial charge in [0.2, 0.25) is 0 Å². The Kier molecular flexibility index (Phi) is 4.85. The number of nitrogens with zero attached hydrogens (tertiary/aromatic N) is 5. The number of aromatic nitrogens is 3. The second kappa shape index (κ2) is 7.25. The molecule has 0 amide bonds. The molecule has 1 aromatic heterocycles. The van der Waals surface area contributed by atoms with Gasteiger partial charge in [0.05, 0.1) is 18.0 Å². The Bertz CT molecular complexity index is 825. The summed E-state index contributed by atoms with van der Waals surface area (Å²) in [5.74, 6) is 2.94. The van der Waals surface area contributed by atoms with Crippen molar-refractivity contribution < 1.29 is 0 Å². The molecule has 0 fully saturated rings. The van der Waals surface area contributed by atoms with Crippen LogP contribution in [0.4, 0.5) is 0 Å². The van der Waals surface area contributed by atoms with Crippen LogP contribution in [0, 0.1) is 0 Å². The first kappa shape index (κ1) is 16.7. The molecule has 4 rings (SSSR count). The molecule has 25 heavy (non-hydrogen) atoms. The van der Waals surface area contributed by atoms with Crippen molar-refractivity contribution in [2.24, 2.45) is 4.99 Å². The van der Waals surface area contributed by atoms with Gasteiger partial charge in [-0.1, -0.05) is 30.3 Å². The number of hydrogen-bond acceptors (Lipinski definition) is 6. The molecule has 130 valence electrons. The minimum atomic E-state index is 0.742. The normalized spacial score (nSPS) is 16.6. The summed E-state index contributed by atoms with van der Waals surface area (Å²) in [7, 11) is 0. The zero-order chi connectivity index (χ0) is 17.2. The fourth-order valence-corrected chi connectivity index (χ4v) is 4.61. The van der Waals surface area contributed by atoms with Crippen LogP contribution in [0.5, 0.6) is 0 Å². The quantitative estimate of drug-likeness (QED) is 0.779. The Hall–Kier alpha value is -1.73. The highest BCUT2D eigenvalue weighted by Gasteiger charge is 2.32. The van der Waals surface area contributed by atoms with E-state index in [0.717, 1.165) is 48.6 Å². The molecule has 0 radical (unpaired) electrons. The van der Waals surface area contributed by atoms with E-state index in [4.69, 9.17) is 10.1 Å². The highest BCUT2D eigenvalue weighted by molar-refractivity contribution is 8.22. The monoisotopic (exact) mass is 371 g/mol. The van der Waals surface area contributed by atoms with Gasteiger partial charge in [-0.15, -0.1) is 0 Å². The van der Waals surface area contributed by atoms with Crippen LogP contribution in [0.1, 0.15) is 24.1 Å². The lowest BCUT2D eigenvalue weighted by Crippen LogP contribution is -2.19. The minimum Gasteiger partial charge on any atom is -0.322 e. The molecular weight excluding hydrogens is 350 g/mol. The first-order valence-electron chi connectivity index (χ1n) is 8.44. The van der Waals surface area contributed by atoms with Crippen LogP contribution in [0.3, 0.4) is 0 Å². The van der Waals surface area contributed by atoms with E-state index in [9.17, 15) is 0 Å². The Morgan fingerprint density at radius 3 is 2.84 bits per heavy atom. The second-order valence-electron chi connectivity index (χ2n) is 6.07. The van der Waals surface area contributed by atoms with Crippen LogP contribution in [0.25, 0.3) is 4.91 Å². The van der Waals surface area contributed by atoms with Crippen molar-refractivity contribution in [1.82, 2.24) is 19.7 Å². The highest BCUT2D eigenvalue weighted by atomic mass is 32.2. The number of aryl methyl sites for hydroxylation is 1. The lowest BCUT2D eigenvalue weighted by Gasteiger charge is -2.12. The van der Waals surface area contributed by atoms with Gasteiger partial charge >= 0.3 is 0 Å². The Labute approximate surface area is 156 Å². The number of aliphatic imine (C=N–C) groups is 1. The third kappa shape index (κ3) is 3.35. The van der Waals surface area contributed by atoms with Gasteiger partial charge in [0.1, 0.15) is 0 Å². The van der Waals surface area contributed by atoms with Gasteiger partial charge in [-0.2, -0.15) is 16.9 Å². The Morgan fingerprint density at radius 1 is 1.24 bits per heavy atom. The van der Waals surface area contributed by atoms with Gasteiger partial charge in [0.25, 0.3) is 0 Å². The van der Waals surface area contributed by atoms with Crippen molar-refractivity contribution in [3.8, 4) is 0 Å². The van der Waals surface area contributed by atoms with Gasteiger partial charge in [0.15, 0.2) is 16.8 Å². The van der Waals surface area contributed by atoms with Crippen molar-refractivity contribution in [3.63, 3.8) is 0 Å². The molecule has 0 saturated heterocycles. The summed E-state index contributed by atoms with van der Waals surface area (Å²) < 4.78 is 2.06. The predicted octanol–water partition coefficient (Wildman–Crippen LogP) is 3.34. The molecule has 0 unspecified atom stereocenters. The number of thioether (sulfide) groups is 2. The van der Waals surface area contributed by atoms with Crippen molar-refractivity contribution in [1.29, 1.82) is 0 Å². The Balaban J connectivity index is 1.69. The lowest BCUT2D eigenvalue weighted by atomic mass is 10.2. The average Bonchev–Trinajstić information content (AvgIpc) is 3.31. The third-order valence-electron chi connectivity index (χ3n) is 4.35. The molecular formula is C18H21N5S2. The summed E-state index contributed by atoms with van der Waals surface area (Å²) in [5, 5.41) is 5.91. The second-order valence-corrected chi connectivity index (χ2v) is 8.03. The molecule has 7 heteroatoms. The van der Waals surface area contributed by atoms with Crippen LogP contribution in [0.15, 0.2) is 41.0 Å². The average molecular weight is 372 g/mol. The molecule has 2 aliphatic heterocycles. The number of allylic oxidation sites excluding steroid dienone is 1. The summed E-state index contributed by atoms with van der Waals surface area (Å²) in [6, 6.07) is 10.5. The maximum atomic E-state index is 4.88. The predicted molar refractivity (Wildman–Crippen MR) is 107 cm³/mol. The van der Waals surface area contributed by atoms with Gasteiger partial charge in [-0.05, 0) is 30.5 Å². The summed E-state index contributed by atoms with van der Waals surface area (Å²) >= 11 is 3.56. The fourth-order valence-electron chi connectivity index (χ4n) is 3.04. The van der Waals surface area contributed by atoms with Crippen molar-refractivity contribution in [2.75, 3.05) is 25.1 Å². The van der Waals surface area contributed by atoms with Crippen molar-refractivity contribution in [3.05, 3.63) is 53.2 Å². The molecule has 0 aliphatic carbocycles. The number of benzene rings is 1.